The van der Waals surface area contributed by atoms with E-state index in [1.54, 1.807) is 6.92 Å². The van der Waals surface area contributed by atoms with E-state index < -0.39 is 10.0 Å². The molecule has 25 heavy (non-hydrogen) atoms. The Morgan fingerprint density at radius 2 is 1.84 bits per heavy atom. The molecule has 0 aliphatic carbocycles. The number of hydrogen-bond acceptors (Lipinski definition) is 5. The Morgan fingerprint density at radius 3 is 2.40 bits per heavy atom. The van der Waals surface area contributed by atoms with Crippen LogP contribution in [0.15, 0.2) is 33.3 Å². The van der Waals surface area contributed by atoms with Crippen LogP contribution in [0.25, 0.3) is 0 Å². The number of H-pyrrole nitrogens is 1. The molecule has 0 unspecified atom stereocenters. The SMILES string of the molecule is CC[C@H](Cc1ccc(C)cc1)NCCNS(=O)(=O)c1sc(=O)[nH]c1C. The molecule has 1 aromatic carbocycles. The van der Waals surface area contributed by atoms with Crippen LogP contribution < -0.4 is 14.9 Å². The number of nitrogens with one attached hydrogen (secondary N) is 3. The van der Waals surface area contributed by atoms with Crippen LogP contribution in [0.4, 0.5) is 0 Å². The molecular formula is C17H25N3O3S2. The minimum atomic E-state index is -3.64. The van der Waals surface area contributed by atoms with Gasteiger partial charge in [0.15, 0.2) is 4.21 Å². The highest BCUT2D eigenvalue weighted by molar-refractivity contribution is 7.91. The second kappa shape index (κ2) is 8.75. The molecule has 2 rings (SSSR count). The second-order valence-electron chi connectivity index (χ2n) is 6.07. The number of aromatic amines is 1. The topological polar surface area (TPSA) is 91.1 Å². The molecule has 138 valence electrons. The zero-order valence-electron chi connectivity index (χ0n) is 14.8. The van der Waals surface area contributed by atoms with E-state index in [9.17, 15) is 13.2 Å². The predicted octanol–water partition coefficient (Wildman–Crippen LogP) is 1.94. The van der Waals surface area contributed by atoms with E-state index in [0.29, 0.717) is 23.6 Å². The first kappa shape index (κ1) is 19.8. The molecule has 2 aromatic rings. The third-order valence-corrected chi connectivity index (χ3v) is 7.04. The lowest BCUT2D eigenvalue weighted by Gasteiger charge is -2.17. The van der Waals surface area contributed by atoms with Crippen LogP contribution in [0.5, 0.6) is 0 Å². The summed E-state index contributed by atoms with van der Waals surface area (Å²) in [7, 11) is -3.64. The quantitative estimate of drug-likeness (QED) is 0.577. The van der Waals surface area contributed by atoms with Crippen LogP contribution in [-0.2, 0) is 16.4 Å². The standard InChI is InChI=1S/C17H25N3O3S2/c1-4-15(11-14-7-5-12(2)6-8-14)18-9-10-19-25(22,23)16-13(3)20-17(21)24-16/h5-8,15,18-19H,4,9-11H2,1-3H3,(H,20,21)/t15-/m1/s1. The van der Waals surface area contributed by atoms with Gasteiger partial charge in [0, 0.05) is 24.8 Å². The van der Waals surface area contributed by atoms with Gasteiger partial charge in [-0.1, -0.05) is 48.1 Å². The van der Waals surface area contributed by atoms with Crippen LogP contribution in [0.1, 0.15) is 30.2 Å². The lowest BCUT2D eigenvalue weighted by Crippen LogP contribution is -2.37. The van der Waals surface area contributed by atoms with Crippen molar-refractivity contribution in [3.8, 4) is 0 Å². The Labute approximate surface area is 152 Å². The van der Waals surface area contributed by atoms with Crippen molar-refractivity contribution in [2.24, 2.45) is 0 Å². The lowest BCUT2D eigenvalue weighted by atomic mass is 10.0. The Kier molecular flexibility index (Phi) is 6.95. The van der Waals surface area contributed by atoms with Gasteiger partial charge in [0.25, 0.3) is 10.0 Å². The zero-order chi connectivity index (χ0) is 18.4. The highest BCUT2D eigenvalue weighted by Gasteiger charge is 2.20. The molecule has 0 fully saturated rings. The fourth-order valence-electron chi connectivity index (χ4n) is 2.54. The van der Waals surface area contributed by atoms with Gasteiger partial charge < -0.3 is 10.3 Å². The van der Waals surface area contributed by atoms with Crippen molar-refractivity contribution in [1.29, 1.82) is 0 Å². The van der Waals surface area contributed by atoms with Crippen LogP contribution in [-0.4, -0.2) is 32.5 Å². The molecule has 6 nitrogen and oxygen atoms in total. The molecule has 1 aromatic heterocycles. The maximum Gasteiger partial charge on any atom is 0.305 e. The van der Waals surface area contributed by atoms with Gasteiger partial charge in [0.05, 0.1) is 0 Å². The van der Waals surface area contributed by atoms with Gasteiger partial charge in [-0.15, -0.1) is 0 Å². The summed E-state index contributed by atoms with van der Waals surface area (Å²) in [5.74, 6) is 0. The molecule has 0 saturated heterocycles. The molecule has 0 saturated carbocycles. The molecule has 0 radical (unpaired) electrons. The number of hydrogen-bond donors (Lipinski definition) is 3. The Bertz CT molecular complexity index is 839. The molecular weight excluding hydrogens is 358 g/mol. The molecule has 0 aliphatic rings. The van der Waals surface area contributed by atoms with Crippen LogP contribution in [0, 0.1) is 13.8 Å². The van der Waals surface area contributed by atoms with Gasteiger partial charge in [0.1, 0.15) is 0 Å². The van der Waals surface area contributed by atoms with Crippen molar-refractivity contribution in [1.82, 2.24) is 15.0 Å². The number of rotatable bonds is 9. The van der Waals surface area contributed by atoms with Crippen molar-refractivity contribution in [2.75, 3.05) is 13.1 Å². The number of aromatic nitrogens is 1. The maximum atomic E-state index is 12.2. The Hall–Kier alpha value is -1.48. The molecule has 0 spiro atoms. The van der Waals surface area contributed by atoms with Gasteiger partial charge >= 0.3 is 4.87 Å². The average Bonchev–Trinajstić information content (AvgIpc) is 2.91. The molecule has 8 heteroatoms. The first-order valence-corrected chi connectivity index (χ1v) is 10.6. The second-order valence-corrected chi connectivity index (χ2v) is 9.02. The van der Waals surface area contributed by atoms with E-state index >= 15 is 0 Å². The molecule has 0 aliphatic heterocycles. The van der Waals surface area contributed by atoms with Gasteiger partial charge in [-0.25, -0.2) is 13.1 Å². The number of aryl methyl sites for hydroxylation is 2. The van der Waals surface area contributed by atoms with E-state index in [1.165, 1.54) is 11.1 Å². The van der Waals surface area contributed by atoms with E-state index in [4.69, 9.17) is 0 Å². The zero-order valence-corrected chi connectivity index (χ0v) is 16.4. The maximum absolute atomic E-state index is 12.2. The number of benzene rings is 1. The van der Waals surface area contributed by atoms with Gasteiger partial charge in [0.2, 0.25) is 0 Å². The normalized spacial score (nSPS) is 13.1. The van der Waals surface area contributed by atoms with Crippen LogP contribution in [0.2, 0.25) is 0 Å². The van der Waals surface area contributed by atoms with Crippen molar-refractivity contribution in [2.45, 2.75) is 43.9 Å². The first-order chi connectivity index (χ1) is 11.8. The summed E-state index contributed by atoms with van der Waals surface area (Å²) in [5.41, 5.74) is 2.88. The van der Waals surface area contributed by atoms with E-state index in [-0.39, 0.29) is 21.7 Å². The summed E-state index contributed by atoms with van der Waals surface area (Å²) in [6.45, 7) is 6.56. The van der Waals surface area contributed by atoms with Gasteiger partial charge in [-0.05, 0) is 32.3 Å². The highest BCUT2D eigenvalue weighted by Crippen LogP contribution is 2.15. The van der Waals surface area contributed by atoms with Gasteiger partial charge in [-0.2, -0.15) is 0 Å². The Morgan fingerprint density at radius 1 is 1.16 bits per heavy atom. The summed E-state index contributed by atoms with van der Waals surface area (Å²) in [6, 6.07) is 8.73. The summed E-state index contributed by atoms with van der Waals surface area (Å²) in [5, 5.41) is 3.38. The fraction of sp³-hybridized carbons (Fsp3) is 0.471. The minimum absolute atomic E-state index is 0.0594. The Balaban J connectivity index is 1.83. The summed E-state index contributed by atoms with van der Waals surface area (Å²) in [6.07, 6.45) is 1.86. The summed E-state index contributed by atoms with van der Waals surface area (Å²) in [4.78, 5) is 13.4. The van der Waals surface area contributed by atoms with E-state index in [1.807, 2.05) is 0 Å². The van der Waals surface area contributed by atoms with Crippen molar-refractivity contribution in [3.63, 3.8) is 0 Å². The number of thiazole rings is 1. The average molecular weight is 384 g/mol. The largest absolute Gasteiger partial charge is 0.315 e. The number of sulfonamides is 1. The van der Waals surface area contributed by atoms with Crippen molar-refractivity contribution < 1.29 is 8.42 Å². The third kappa shape index (κ3) is 5.78. The van der Waals surface area contributed by atoms with Crippen LogP contribution >= 0.6 is 11.3 Å². The predicted molar refractivity (Wildman–Crippen MR) is 102 cm³/mol. The van der Waals surface area contributed by atoms with E-state index in [2.05, 4.69) is 53.1 Å². The van der Waals surface area contributed by atoms with Crippen LogP contribution in [0.3, 0.4) is 0 Å². The lowest BCUT2D eigenvalue weighted by molar-refractivity contribution is 0.494. The van der Waals surface area contributed by atoms with E-state index in [0.717, 1.165) is 12.8 Å². The minimum Gasteiger partial charge on any atom is -0.315 e. The molecule has 1 heterocycles. The highest BCUT2D eigenvalue weighted by atomic mass is 32.2. The van der Waals surface area contributed by atoms with Gasteiger partial charge in [-0.3, -0.25) is 4.79 Å². The smallest absolute Gasteiger partial charge is 0.305 e. The van der Waals surface area contributed by atoms with Crippen molar-refractivity contribution in [3.05, 3.63) is 50.8 Å². The third-order valence-electron chi connectivity index (χ3n) is 3.97. The molecule has 1 atom stereocenters. The molecule has 0 bridgehead atoms. The first-order valence-electron chi connectivity index (χ1n) is 8.30. The summed E-state index contributed by atoms with van der Waals surface area (Å²) >= 11 is 0.711. The summed E-state index contributed by atoms with van der Waals surface area (Å²) < 4.78 is 27.0. The molecule has 3 N–H and O–H groups in total. The van der Waals surface area contributed by atoms with Crippen molar-refractivity contribution >= 4 is 21.4 Å². The molecule has 0 amide bonds. The monoisotopic (exact) mass is 383 g/mol. The fourth-order valence-corrected chi connectivity index (χ4v) is 4.92.